The van der Waals surface area contributed by atoms with Crippen molar-refractivity contribution < 1.29 is 15.0 Å². The number of nitrogens with one attached hydrogen (secondary N) is 1. The van der Waals surface area contributed by atoms with Gasteiger partial charge in [0.05, 0.1) is 18.2 Å². The van der Waals surface area contributed by atoms with Crippen molar-refractivity contribution in [1.82, 2.24) is 5.32 Å². The van der Waals surface area contributed by atoms with E-state index in [2.05, 4.69) is 5.32 Å². The molecule has 0 spiro atoms. The number of amides is 1. The molecule has 1 fully saturated rings. The molecule has 0 bridgehead atoms. The van der Waals surface area contributed by atoms with Gasteiger partial charge in [-0.3, -0.25) is 4.79 Å². The molecule has 3 N–H and O–H groups in total. The van der Waals surface area contributed by atoms with Crippen LogP contribution < -0.4 is 5.32 Å². The van der Waals surface area contributed by atoms with Gasteiger partial charge < -0.3 is 15.5 Å². The minimum absolute atomic E-state index is 0.515. The summed E-state index contributed by atoms with van der Waals surface area (Å²) in [6.07, 6.45) is -0.0517. The number of aliphatic hydroxyl groups is 2. The maximum absolute atomic E-state index is 11.3. The number of rotatable bonds is 1. The summed E-state index contributed by atoms with van der Waals surface area (Å²) in [5, 5.41) is 21.3. The second-order valence-corrected chi connectivity index (χ2v) is 5.85. The zero-order chi connectivity index (χ0) is 11.6. The fraction of sp³-hybridized carbons (Fsp3) is 0.875. The molecule has 3 atom stereocenters. The molecule has 1 saturated carbocycles. The van der Waals surface area contributed by atoms with E-state index in [0.29, 0.717) is 19.3 Å². The third kappa shape index (κ3) is 3.64. The minimum atomic E-state index is -2.04. The molecule has 0 unspecified atom stereocenters. The smallest absolute Gasteiger partial charge is 0.272 e. The van der Waals surface area contributed by atoms with Crippen molar-refractivity contribution in [2.45, 2.75) is 41.3 Å². The lowest BCUT2D eigenvalue weighted by Gasteiger charge is -2.32. The predicted octanol–water partition coefficient (Wildman–Crippen LogP) is 0.747. The van der Waals surface area contributed by atoms with Crippen molar-refractivity contribution in [3.63, 3.8) is 0 Å². The Hall–Kier alpha value is 0.260. The number of hydrogen-bond donors (Lipinski definition) is 3. The molecule has 1 rings (SSSR count). The highest BCUT2D eigenvalue weighted by Gasteiger charge is 2.37. The van der Waals surface area contributed by atoms with Gasteiger partial charge in [-0.15, -0.1) is 0 Å². The van der Waals surface area contributed by atoms with Crippen LogP contribution in [-0.4, -0.2) is 38.2 Å². The zero-order valence-electron chi connectivity index (χ0n) is 7.79. The molecular weight excluding hydrogens is 264 g/mol. The Kier molecular flexibility index (Phi) is 4.50. The van der Waals surface area contributed by atoms with Crippen LogP contribution in [0.25, 0.3) is 0 Å². The van der Waals surface area contributed by atoms with Gasteiger partial charge in [0, 0.05) is 0 Å². The summed E-state index contributed by atoms with van der Waals surface area (Å²) in [7, 11) is 0. The molecule has 1 amide bonds. The summed E-state index contributed by atoms with van der Waals surface area (Å²) in [6.45, 7) is 0. The number of carbonyl (C=O) groups is 1. The van der Waals surface area contributed by atoms with Gasteiger partial charge in [-0.05, 0) is 19.3 Å². The molecular formula is C8H12Cl3NO3. The molecule has 1 aliphatic rings. The lowest BCUT2D eigenvalue weighted by atomic mass is 9.90. The second kappa shape index (κ2) is 5.06. The van der Waals surface area contributed by atoms with Gasteiger partial charge in [-0.25, -0.2) is 0 Å². The van der Waals surface area contributed by atoms with E-state index in [4.69, 9.17) is 34.8 Å². The van der Waals surface area contributed by atoms with E-state index in [9.17, 15) is 15.0 Å². The van der Waals surface area contributed by atoms with Crippen molar-refractivity contribution in [3.8, 4) is 0 Å². The lowest BCUT2D eigenvalue weighted by molar-refractivity contribution is -0.123. The SMILES string of the molecule is O=C(N[C@H]1CCC[C@H](O)[C@@H]1O)C(Cl)(Cl)Cl. The average Bonchev–Trinajstić information content (AvgIpc) is 2.11. The number of hydrogen-bond acceptors (Lipinski definition) is 3. The lowest BCUT2D eigenvalue weighted by Crippen LogP contribution is -2.53. The van der Waals surface area contributed by atoms with Crippen LogP contribution >= 0.6 is 34.8 Å². The fourth-order valence-electron chi connectivity index (χ4n) is 1.56. The van der Waals surface area contributed by atoms with Gasteiger partial charge in [0.15, 0.2) is 0 Å². The molecule has 0 radical (unpaired) electrons. The number of halogens is 3. The molecule has 0 heterocycles. The largest absolute Gasteiger partial charge is 0.390 e. The van der Waals surface area contributed by atoms with Crippen molar-refractivity contribution in [1.29, 1.82) is 0 Å². The molecule has 4 nitrogen and oxygen atoms in total. The van der Waals surface area contributed by atoms with Crippen LogP contribution in [-0.2, 0) is 4.79 Å². The molecule has 0 aromatic carbocycles. The second-order valence-electron chi connectivity index (χ2n) is 3.57. The first-order chi connectivity index (χ1) is 6.82. The first-order valence-corrected chi connectivity index (χ1v) is 5.69. The predicted molar refractivity (Wildman–Crippen MR) is 58.1 cm³/mol. The molecule has 1 aliphatic carbocycles. The Labute approximate surface area is 102 Å². The van der Waals surface area contributed by atoms with Gasteiger partial charge in [-0.2, -0.15) is 0 Å². The Morgan fingerprint density at radius 3 is 2.40 bits per heavy atom. The summed E-state index contributed by atoms with van der Waals surface area (Å²) < 4.78 is -2.04. The number of aliphatic hydroxyl groups excluding tert-OH is 2. The van der Waals surface area contributed by atoms with E-state index in [1.54, 1.807) is 0 Å². The number of alkyl halides is 3. The third-order valence-electron chi connectivity index (χ3n) is 2.40. The molecule has 0 aromatic rings. The van der Waals surface area contributed by atoms with Crippen LogP contribution in [0, 0.1) is 0 Å². The highest BCUT2D eigenvalue weighted by molar-refractivity contribution is 6.76. The maximum Gasteiger partial charge on any atom is 0.272 e. The van der Waals surface area contributed by atoms with Crippen LogP contribution in [0.15, 0.2) is 0 Å². The van der Waals surface area contributed by atoms with Crippen LogP contribution in [0.5, 0.6) is 0 Å². The zero-order valence-corrected chi connectivity index (χ0v) is 10.1. The van der Waals surface area contributed by atoms with E-state index in [1.807, 2.05) is 0 Å². The molecule has 15 heavy (non-hydrogen) atoms. The van der Waals surface area contributed by atoms with Crippen LogP contribution in [0.3, 0.4) is 0 Å². The fourth-order valence-corrected chi connectivity index (χ4v) is 1.73. The first kappa shape index (κ1) is 13.3. The molecule has 0 aliphatic heterocycles. The van der Waals surface area contributed by atoms with Crippen molar-refractivity contribution >= 4 is 40.7 Å². The van der Waals surface area contributed by atoms with Crippen molar-refractivity contribution in [3.05, 3.63) is 0 Å². The van der Waals surface area contributed by atoms with Gasteiger partial charge >= 0.3 is 0 Å². The van der Waals surface area contributed by atoms with Crippen LogP contribution in [0.1, 0.15) is 19.3 Å². The van der Waals surface area contributed by atoms with Gasteiger partial charge in [0.25, 0.3) is 9.70 Å². The summed E-state index contributed by atoms with van der Waals surface area (Å²) in [6, 6.07) is -0.558. The topological polar surface area (TPSA) is 69.6 Å². The van der Waals surface area contributed by atoms with E-state index in [-0.39, 0.29) is 0 Å². The minimum Gasteiger partial charge on any atom is -0.390 e. The van der Waals surface area contributed by atoms with E-state index < -0.39 is 27.9 Å². The summed E-state index contributed by atoms with van der Waals surface area (Å²) in [4.78, 5) is 11.3. The standard InChI is InChI=1S/C8H12Cl3NO3/c9-8(10,11)7(15)12-4-2-1-3-5(13)6(4)14/h4-6,13-14H,1-3H2,(H,12,15)/t4-,5-,6+/m0/s1. The highest BCUT2D eigenvalue weighted by atomic mass is 35.6. The van der Waals surface area contributed by atoms with E-state index in [0.717, 1.165) is 0 Å². The van der Waals surface area contributed by atoms with Crippen molar-refractivity contribution in [2.24, 2.45) is 0 Å². The number of carbonyl (C=O) groups excluding carboxylic acids is 1. The first-order valence-electron chi connectivity index (χ1n) is 4.56. The summed E-state index contributed by atoms with van der Waals surface area (Å²) >= 11 is 16.1. The monoisotopic (exact) mass is 275 g/mol. The highest BCUT2D eigenvalue weighted by Crippen LogP contribution is 2.27. The summed E-state index contributed by atoms with van der Waals surface area (Å²) in [5.41, 5.74) is 0. The molecule has 88 valence electrons. The molecule has 0 saturated heterocycles. The van der Waals surface area contributed by atoms with Gasteiger partial charge in [-0.1, -0.05) is 34.8 Å². The Morgan fingerprint density at radius 2 is 1.87 bits per heavy atom. The quantitative estimate of drug-likeness (QED) is 0.619. The van der Waals surface area contributed by atoms with E-state index >= 15 is 0 Å². The molecule has 7 heteroatoms. The van der Waals surface area contributed by atoms with Crippen molar-refractivity contribution in [2.75, 3.05) is 0 Å². The Balaban J connectivity index is 2.54. The Morgan fingerprint density at radius 1 is 1.27 bits per heavy atom. The third-order valence-corrected chi connectivity index (χ3v) is 2.91. The van der Waals surface area contributed by atoms with Gasteiger partial charge in [0.1, 0.15) is 0 Å². The Bertz CT molecular complexity index is 244. The maximum atomic E-state index is 11.3. The average molecular weight is 277 g/mol. The van der Waals surface area contributed by atoms with Gasteiger partial charge in [0.2, 0.25) is 0 Å². The normalized spacial score (nSPS) is 32.5. The van der Waals surface area contributed by atoms with Crippen LogP contribution in [0.2, 0.25) is 0 Å². The van der Waals surface area contributed by atoms with Crippen LogP contribution in [0.4, 0.5) is 0 Å². The molecule has 0 aromatic heterocycles. The van der Waals surface area contributed by atoms with E-state index in [1.165, 1.54) is 0 Å². The summed E-state index contributed by atoms with van der Waals surface area (Å²) in [5.74, 6) is -0.786.